The van der Waals surface area contributed by atoms with Gasteiger partial charge in [-0.2, -0.15) is 0 Å². The molecule has 0 radical (unpaired) electrons. The summed E-state index contributed by atoms with van der Waals surface area (Å²) < 4.78 is 2.91. The van der Waals surface area contributed by atoms with E-state index in [2.05, 4.69) is 5.92 Å². The monoisotopic (exact) mass is 225 g/mol. The summed E-state index contributed by atoms with van der Waals surface area (Å²) >= 11 is 15.9. The maximum atomic E-state index is 7.07. The van der Waals surface area contributed by atoms with Crippen molar-refractivity contribution in [2.45, 2.75) is 3.79 Å². The van der Waals surface area contributed by atoms with E-state index >= 15 is 0 Å². The number of allylic oxidation sites excluding steroid dienone is 1. The van der Waals surface area contributed by atoms with Crippen molar-refractivity contribution in [3.8, 4) is 12.3 Å². The molecule has 0 aromatic heterocycles. The van der Waals surface area contributed by atoms with Gasteiger partial charge in [0, 0.05) is 0 Å². The number of hydrogen-bond acceptors (Lipinski definition) is 2. The van der Waals surface area contributed by atoms with Gasteiger partial charge in [-0.05, 0) is 12.2 Å². The van der Waals surface area contributed by atoms with Gasteiger partial charge in [0.15, 0.2) is 0 Å². The van der Waals surface area contributed by atoms with Crippen molar-refractivity contribution in [3.63, 3.8) is 0 Å². The fraction of sp³-hybridized carbons (Fsp3) is 0.286. The molecule has 5 heteroatoms. The summed E-state index contributed by atoms with van der Waals surface area (Å²) in [4.78, 5) is 0. The molecule has 0 saturated heterocycles. The van der Waals surface area contributed by atoms with E-state index in [0.29, 0.717) is 0 Å². The third-order valence-corrected chi connectivity index (χ3v) is 1.31. The average Bonchev–Trinajstić information content (AvgIpc) is 1.96. The molecule has 0 amide bonds. The van der Waals surface area contributed by atoms with E-state index in [1.54, 1.807) is 0 Å². The van der Waals surface area contributed by atoms with Gasteiger partial charge in [0.25, 0.3) is 3.79 Å². The lowest BCUT2D eigenvalue weighted by Crippen LogP contribution is -2.21. The molecule has 0 rings (SSSR count). The van der Waals surface area contributed by atoms with E-state index in [1.165, 1.54) is 12.2 Å². The summed E-state index contributed by atoms with van der Waals surface area (Å²) in [6.07, 6.45) is 7.88. The minimum Gasteiger partial charge on any atom is -0.474 e. The topological polar surface area (TPSA) is 33.1 Å². The van der Waals surface area contributed by atoms with Gasteiger partial charge < -0.3 is 4.74 Å². The van der Waals surface area contributed by atoms with Crippen molar-refractivity contribution in [1.29, 1.82) is 5.41 Å². The first-order chi connectivity index (χ1) is 5.48. The fourth-order valence-electron chi connectivity index (χ4n) is 0.329. The molecule has 0 spiro atoms. The second kappa shape index (κ2) is 5.31. The van der Waals surface area contributed by atoms with Crippen molar-refractivity contribution in [2.24, 2.45) is 0 Å². The molecule has 0 bridgehead atoms. The molecule has 1 N–H and O–H groups in total. The Kier molecular flexibility index (Phi) is 5.16. The third kappa shape index (κ3) is 5.31. The summed E-state index contributed by atoms with van der Waals surface area (Å²) in [5.74, 6) is 1.83. The molecule has 0 aromatic rings. The first-order valence-electron chi connectivity index (χ1n) is 2.88. The molecule has 0 saturated carbocycles. The van der Waals surface area contributed by atoms with E-state index in [4.69, 9.17) is 51.4 Å². The minimum atomic E-state index is -1.80. The Hall–Kier alpha value is -0.360. The molecule has 0 aromatic carbocycles. The van der Waals surface area contributed by atoms with Crippen molar-refractivity contribution >= 4 is 40.7 Å². The van der Waals surface area contributed by atoms with Crippen LogP contribution in [0.3, 0.4) is 0 Å². The van der Waals surface area contributed by atoms with Crippen LogP contribution in [0.1, 0.15) is 0 Å². The SMILES string of the molecule is C#C/C=C/COC(=N)C(Cl)(Cl)Cl. The molecule has 2 nitrogen and oxygen atoms in total. The molecule has 0 unspecified atom stereocenters. The van der Waals surface area contributed by atoms with Gasteiger partial charge in [0.05, 0.1) is 0 Å². The van der Waals surface area contributed by atoms with Gasteiger partial charge in [-0.3, -0.25) is 5.41 Å². The lowest BCUT2D eigenvalue weighted by Gasteiger charge is -2.11. The van der Waals surface area contributed by atoms with E-state index in [-0.39, 0.29) is 6.61 Å². The van der Waals surface area contributed by atoms with E-state index in [0.717, 1.165) is 0 Å². The molecule has 66 valence electrons. The van der Waals surface area contributed by atoms with Crippen LogP contribution < -0.4 is 0 Å². The Balaban J connectivity index is 3.75. The van der Waals surface area contributed by atoms with Crippen LogP contribution in [0.4, 0.5) is 0 Å². The number of rotatable bonds is 2. The highest BCUT2D eigenvalue weighted by Gasteiger charge is 2.28. The highest BCUT2D eigenvalue weighted by atomic mass is 35.6. The lowest BCUT2D eigenvalue weighted by atomic mass is 10.5. The molecule has 0 heterocycles. The molecule has 0 aliphatic rings. The lowest BCUT2D eigenvalue weighted by molar-refractivity contribution is 0.340. The number of terminal acetylenes is 1. The van der Waals surface area contributed by atoms with Crippen molar-refractivity contribution in [1.82, 2.24) is 0 Å². The van der Waals surface area contributed by atoms with Gasteiger partial charge in [-0.15, -0.1) is 6.42 Å². The predicted octanol–water partition coefficient (Wildman–Crippen LogP) is 2.54. The summed E-state index contributed by atoms with van der Waals surface area (Å²) in [5.41, 5.74) is 0. The zero-order valence-electron chi connectivity index (χ0n) is 5.98. The predicted molar refractivity (Wildman–Crippen MR) is 51.9 cm³/mol. The number of alkyl halides is 3. The van der Waals surface area contributed by atoms with E-state index in [9.17, 15) is 0 Å². The highest BCUT2D eigenvalue weighted by molar-refractivity contribution is 6.76. The molecular weight excluding hydrogens is 220 g/mol. The van der Waals surface area contributed by atoms with Crippen LogP contribution in [0, 0.1) is 17.8 Å². The minimum absolute atomic E-state index is 0.122. The van der Waals surface area contributed by atoms with E-state index in [1.807, 2.05) is 0 Å². The first-order valence-corrected chi connectivity index (χ1v) is 4.01. The van der Waals surface area contributed by atoms with Crippen molar-refractivity contribution in [2.75, 3.05) is 6.61 Å². The zero-order chi connectivity index (χ0) is 9.61. The second-order valence-corrected chi connectivity index (χ2v) is 3.99. The summed E-state index contributed by atoms with van der Waals surface area (Å²) in [6.45, 7) is 0.122. The molecule has 12 heavy (non-hydrogen) atoms. The second-order valence-electron chi connectivity index (χ2n) is 1.71. The normalized spacial score (nSPS) is 11.2. The number of hydrogen-bond donors (Lipinski definition) is 1. The van der Waals surface area contributed by atoms with Crippen LogP contribution >= 0.6 is 34.8 Å². The van der Waals surface area contributed by atoms with Gasteiger partial charge >= 0.3 is 0 Å². The van der Waals surface area contributed by atoms with Crippen LogP contribution in [-0.4, -0.2) is 16.3 Å². The molecular formula is C7H6Cl3NO. The molecule has 0 fully saturated rings. The van der Waals surface area contributed by atoms with Crippen LogP contribution in [0.15, 0.2) is 12.2 Å². The summed E-state index contributed by atoms with van der Waals surface area (Å²) in [5, 5.41) is 7.07. The maximum absolute atomic E-state index is 7.07. The van der Waals surface area contributed by atoms with E-state index < -0.39 is 9.69 Å². The smallest absolute Gasteiger partial charge is 0.265 e. The van der Waals surface area contributed by atoms with Gasteiger partial charge in [0.1, 0.15) is 6.61 Å². The molecule has 0 aliphatic carbocycles. The van der Waals surface area contributed by atoms with Crippen LogP contribution in [-0.2, 0) is 4.74 Å². The quantitative estimate of drug-likeness (QED) is 0.334. The standard InChI is InChI=1S/C7H6Cl3NO/c1-2-3-4-5-12-6(11)7(8,9)10/h1,3-4,11H,5H2/b4-3+,11-6?. The Morgan fingerprint density at radius 1 is 1.58 bits per heavy atom. The Morgan fingerprint density at radius 3 is 2.58 bits per heavy atom. The Labute approximate surface area is 85.9 Å². The van der Waals surface area contributed by atoms with Crippen LogP contribution in [0.5, 0.6) is 0 Å². The highest BCUT2D eigenvalue weighted by Crippen LogP contribution is 2.27. The van der Waals surface area contributed by atoms with Crippen molar-refractivity contribution < 1.29 is 4.74 Å². The van der Waals surface area contributed by atoms with Gasteiger partial charge in [-0.1, -0.05) is 40.7 Å². The third-order valence-electron chi connectivity index (χ3n) is 0.795. The largest absolute Gasteiger partial charge is 0.474 e. The fourth-order valence-corrected chi connectivity index (χ4v) is 0.493. The number of ether oxygens (including phenoxy) is 1. The number of nitrogens with one attached hydrogen (secondary N) is 1. The summed E-state index contributed by atoms with van der Waals surface area (Å²) in [6, 6.07) is 0. The van der Waals surface area contributed by atoms with Crippen molar-refractivity contribution in [3.05, 3.63) is 12.2 Å². The Morgan fingerprint density at radius 2 is 2.17 bits per heavy atom. The zero-order valence-corrected chi connectivity index (χ0v) is 8.25. The van der Waals surface area contributed by atoms with Crippen LogP contribution in [0.25, 0.3) is 0 Å². The maximum Gasteiger partial charge on any atom is 0.265 e. The summed E-state index contributed by atoms with van der Waals surface area (Å²) in [7, 11) is 0. The Bertz CT molecular complexity index is 224. The van der Waals surface area contributed by atoms with Gasteiger partial charge in [0.2, 0.25) is 5.90 Å². The first kappa shape index (κ1) is 11.6. The molecule has 0 atom stereocenters. The number of halogens is 3. The molecule has 0 aliphatic heterocycles. The average molecular weight is 226 g/mol. The van der Waals surface area contributed by atoms with Crippen LogP contribution in [0.2, 0.25) is 0 Å². The van der Waals surface area contributed by atoms with Gasteiger partial charge in [-0.25, -0.2) is 0 Å².